The summed E-state index contributed by atoms with van der Waals surface area (Å²) >= 11 is 1.40. The molecular weight excluding hydrogens is 406 g/mol. The molecule has 0 bridgehead atoms. The second-order valence-corrected chi connectivity index (χ2v) is 11.6. The number of carbonyl (C=O) groups is 2. The van der Waals surface area contributed by atoms with Gasteiger partial charge in [-0.25, -0.2) is 4.21 Å². The second-order valence-electron chi connectivity index (χ2n) is 7.80. The van der Waals surface area contributed by atoms with Crippen LogP contribution in [0.4, 0.5) is 0 Å². The number of aryl methyl sites for hydroxylation is 2. The van der Waals surface area contributed by atoms with Gasteiger partial charge in [0.2, 0.25) is 5.91 Å². The Kier molecular flexibility index (Phi) is 8.43. The van der Waals surface area contributed by atoms with Gasteiger partial charge in [-0.05, 0) is 57.8 Å². The maximum absolute atomic E-state index is 13.2. The quantitative estimate of drug-likeness (QED) is 0.647. The van der Waals surface area contributed by atoms with E-state index in [1.165, 1.54) is 11.3 Å². The molecule has 0 radical (unpaired) electrons. The van der Waals surface area contributed by atoms with Crippen LogP contribution in [0.3, 0.4) is 0 Å². The first-order valence-corrected chi connectivity index (χ1v) is 13.3. The Morgan fingerprint density at radius 2 is 1.83 bits per heavy atom. The topological polar surface area (TPSA) is 70.0 Å². The fourth-order valence-electron chi connectivity index (χ4n) is 4.11. The van der Waals surface area contributed by atoms with E-state index in [0.29, 0.717) is 30.8 Å². The van der Waals surface area contributed by atoms with Gasteiger partial charge in [0.05, 0.1) is 20.6 Å². The SMILES string of the molecule is CCC(C(=O)N1CCC(S(C)(=O)=NC(=O)c2sc(C)cc2C)CC1)N(CC)CC. The predicted octanol–water partition coefficient (Wildman–Crippen LogP) is 3.71. The summed E-state index contributed by atoms with van der Waals surface area (Å²) in [6.07, 6.45) is 3.62. The van der Waals surface area contributed by atoms with E-state index in [-0.39, 0.29) is 23.1 Å². The molecule has 0 aliphatic carbocycles. The molecule has 8 heteroatoms. The van der Waals surface area contributed by atoms with Crippen LogP contribution in [0.2, 0.25) is 0 Å². The fourth-order valence-corrected chi connectivity index (χ4v) is 6.74. The van der Waals surface area contributed by atoms with Gasteiger partial charge in [-0.2, -0.15) is 4.36 Å². The van der Waals surface area contributed by atoms with E-state index in [1.807, 2.05) is 31.7 Å². The third-order valence-corrected chi connectivity index (χ3v) is 9.17. The Balaban J connectivity index is 2.07. The highest BCUT2D eigenvalue weighted by atomic mass is 32.2. The van der Waals surface area contributed by atoms with Crippen molar-refractivity contribution in [3.63, 3.8) is 0 Å². The number of rotatable bonds is 7. The first-order chi connectivity index (χ1) is 13.6. The number of likely N-dealkylation sites (tertiary alicyclic amines) is 1. The average molecular weight is 442 g/mol. The lowest BCUT2D eigenvalue weighted by Gasteiger charge is -2.37. The minimum absolute atomic E-state index is 0.0937. The van der Waals surface area contributed by atoms with Crippen molar-refractivity contribution >= 4 is 32.9 Å². The molecule has 1 saturated heterocycles. The van der Waals surface area contributed by atoms with E-state index in [9.17, 15) is 13.8 Å². The maximum atomic E-state index is 13.2. The van der Waals surface area contributed by atoms with E-state index >= 15 is 0 Å². The lowest BCUT2D eigenvalue weighted by molar-refractivity contribution is -0.138. The van der Waals surface area contributed by atoms with Crippen LogP contribution >= 0.6 is 11.3 Å². The molecule has 1 aliphatic rings. The molecule has 1 aromatic heterocycles. The van der Waals surface area contributed by atoms with Crippen molar-refractivity contribution in [3.05, 3.63) is 21.4 Å². The molecule has 0 spiro atoms. The highest BCUT2D eigenvalue weighted by Crippen LogP contribution is 2.25. The third-order valence-electron chi connectivity index (χ3n) is 5.80. The van der Waals surface area contributed by atoms with E-state index < -0.39 is 9.73 Å². The van der Waals surface area contributed by atoms with Gasteiger partial charge in [0, 0.05) is 29.5 Å². The average Bonchev–Trinajstić information content (AvgIpc) is 3.03. The highest BCUT2D eigenvalue weighted by molar-refractivity contribution is 7.93. The minimum atomic E-state index is -2.66. The summed E-state index contributed by atoms with van der Waals surface area (Å²) in [6, 6.07) is 1.86. The molecule has 0 N–H and O–H groups in total. The second kappa shape index (κ2) is 10.2. The van der Waals surface area contributed by atoms with Gasteiger partial charge < -0.3 is 4.90 Å². The monoisotopic (exact) mass is 441 g/mol. The van der Waals surface area contributed by atoms with Crippen LogP contribution in [0.15, 0.2) is 10.4 Å². The zero-order valence-corrected chi connectivity index (χ0v) is 20.2. The van der Waals surface area contributed by atoms with Crippen molar-refractivity contribution in [2.75, 3.05) is 32.4 Å². The van der Waals surface area contributed by atoms with Gasteiger partial charge in [-0.3, -0.25) is 14.5 Å². The lowest BCUT2D eigenvalue weighted by atomic mass is 10.1. The molecule has 1 aromatic rings. The van der Waals surface area contributed by atoms with Crippen LogP contribution in [0.5, 0.6) is 0 Å². The molecule has 1 aliphatic heterocycles. The summed E-state index contributed by atoms with van der Waals surface area (Å²) in [5.41, 5.74) is 0.888. The number of thiophene rings is 1. The Bertz CT molecular complexity index is 843. The van der Waals surface area contributed by atoms with E-state index in [2.05, 4.69) is 23.1 Å². The van der Waals surface area contributed by atoms with Crippen molar-refractivity contribution in [1.82, 2.24) is 9.80 Å². The number of likely N-dealkylation sites (N-methyl/N-ethyl adjacent to an activating group) is 1. The van der Waals surface area contributed by atoms with Crippen molar-refractivity contribution in [3.8, 4) is 0 Å². The van der Waals surface area contributed by atoms with Crippen LogP contribution in [-0.4, -0.2) is 69.5 Å². The molecule has 2 heterocycles. The van der Waals surface area contributed by atoms with Crippen LogP contribution < -0.4 is 0 Å². The summed E-state index contributed by atoms with van der Waals surface area (Å²) in [5.74, 6) is -0.214. The summed E-state index contributed by atoms with van der Waals surface area (Å²) < 4.78 is 17.4. The standard InChI is InChI=1S/C21H35N3O3S2/c1-7-18(23(8-2)9-3)21(26)24-12-10-17(11-13-24)29(6,27)22-20(25)19-15(4)14-16(5)28-19/h14,17-18H,7-13H2,1-6H3. The number of carbonyl (C=O) groups excluding carboxylic acids is 2. The predicted molar refractivity (Wildman–Crippen MR) is 121 cm³/mol. The first kappa shape index (κ1) is 24.0. The van der Waals surface area contributed by atoms with Crippen molar-refractivity contribution in [1.29, 1.82) is 0 Å². The van der Waals surface area contributed by atoms with Gasteiger partial charge >= 0.3 is 0 Å². The summed E-state index contributed by atoms with van der Waals surface area (Å²) in [7, 11) is -2.66. The molecule has 6 nitrogen and oxygen atoms in total. The molecule has 2 unspecified atom stereocenters. The molecule has 0 aromatic carbocycles. The Hall–Kier alpha value is -1.25. The Morgan fingerprint density at radius 3 is 2.28 bits per heavy atom. The maximum Gasteiger partial charge on any atom is 0.295 e. The largest absolute Gasteiger partial charge is 0.341 e. The molecule has 2 rings (SSSR count). The van der Waals surface area contributed by atoms with Crippen LogP contribution in [-0.2, 0) is 14.5 Å². The van der Waals surface area contributed by atoms with Crippen LogP contribution in [0, 0.1) is 13.8 Å². The van der Waals surface area contributed by atoms with Crippen molar-refractivity contribution < 1.29 is 13.8 Å². The van der Waals surface area contributed by atoms with Crippen molar-refractivity contribution in [2.24, 2.45) is 4.36 Å². The molecule has 2 amide bonds. The number of amides is 2. The summed E-state index contributed by atoms with van der Waals surface area (Å²) in [4.78, 5) is 31.3. The number of nitrogens with zero attached hydrogens (tertiary/aromatic N) is 3. The first-order valence-electron chi connectivity index (χ1n) is 10.5. The summed E-state index contributed by atoms with van der Waals surface area (Å²) in [5, 5.41) is -0.162. The molecule has 164 valence electrons. The minimum Gasteiger partial charge on any atom is -0.341 e. The number of hydrogen-bond donors (Lipinski definition) is 0. The molecule has 2 atom stereocenters. The van der Waals surface area contributed by atoms with Gasteiger partial charge in [-0.15, -0.1) is 11.3 Å². The van der Waals surface area contributed by atoms with E-state index in [0.717, 1.165) is 30.0 Å². The van der Waals surface area contributed by atoms with Crippen LogP contribution in [0.1, 0.15) is 60.1 Å². The fraction of sp³-hybridized carbons (Fsp3) is 0.714. The zero-order valence-electron chi connectivity index (χ0n) is 18.6. The van der Waals surface area contributed by atoms with Gasteiger partial charge in [-0.1, -0.05) is 20.8 Å². The molecule has 0 saturated carbocycles. The summed E-state index contributed by atoms with van der Waals surface area (Å²) in [6.45, 7) is 12.9. The molecule has 1 fully saturated rings. The molecular formula is C21H35N3O3S2. The van der Waals surface area contributed by atoms with Crippen molar-refractivity contribution in [2.45, 2.75) is 65.2 Å². The molecule has 29 heavy (non-hydrogen) atoms. The normalized spacial score (nSPS) is 18.5. The van der Waals surface area contributed by atoms with Gasteiger partial charge in [0.1, 0.15) is 0 Å². The van der Waals surface area contributed by atoms with Gasteiger partial charge in [0.15, 0.2) is 0 Å². The highest BCUT2D eigenvalue weighted by Gasteiger charge is 2.32. The van der Waals surface area contributed by atoms with Gasteiger partial charge in [0.25, 0.3) is 5.91 Å². The third kappa shape index (κ3) is 5.67. The Morgan fingerprint density at radius 1 is 1.24 bits per heavy atom. The van der Waals surface area contributed by atoms with E-state index in [4.69, 9.17) is 0 Å². The lowest BCUT2D eigenvalue weighted by Crippen LogP contribution is -2.51. The Labute approximate surface area is 179 Å². The number of hydrogen-bond acceptors (Lipinski definition) is 5. The number of piperidine rings is 1. The van der Waals surface area contributed by atoms with E-state index in [1.54, 1.807) is 6.26 Å². The van der Waals surface area contributed by atoms with Crippen LogP contribution in [0.25, 0.3) is 0 Å². The smallest absolute Gasteiger partial charge is 0.295 e. The zero-order chi connectivity index (χ0) is 21.8.